The number of sulfone groups is 1. The smallest absolute Gasteiger partial charge is 0.233 e. The van der Waals surface area contributed by atoms with Gasteiger partial charge in [-0.3, -0.25) is 9.36 Å². The molecule has 0 saturated carbocycles. The number of nitrogens with zero attached hydrogens (tertiary/aromatic N) is 4. The number of ether oxygens (including phenoxy) is 1. The van der Waals surface area contributed by atoms with E-state index in [4.69, 9.17) is 4.74 Å². The Hall–Kier alpha value is -2.92. The highest BCUT2D eigenvalue weighted by atomic mass is 32.2. The van der Waals surface area contributed by atoms with Gasteiger partial charge in [0, 0.05) is 18.3 Å². The predicted molar refractivity (Wildman–Crippen MR) is 127 cm³/mol. The second-order valence-corrected chi connectivity index (χ2v) is 11.0. The Morgan fingerprint density at radius 1 is 1.18 bits per heavy atom. The maximum Gasteiger partial charge on any atom is 0.233 e. The molecule has 2 heterocycles. The van der Waals surface area contributed by atoms with E-state index in [1.807, 2.05) is 37.3 Å². The molecule has 0 bridgehead atoms. The Morgan fingerprint density at radius 3 is 2.59 bits per heavy atom. The normalized spacial score (nSPS) is 16.9. The number of rotatable bonds is 9. The van der Waals surface area contributed by atoms with Gasteiger partial charge in [0.15, 0.2) is 32.4 Å². The molecule has 1 amide bonds. The summed E-state index contributed by atoms with van der Waals surface area (Å²) in [7, 11) is -3.09. The molecule has 1 atom stereocenters. The van der Waals surface area contributed by atoms with Gasteiger partial charge in [-0.25, -0.2) is 12.8 Å². The highest BCUT2D eigenvalue weighted by Crippen LogP contribution is 2.25. The Balaban J connectivity index is 1.51. The molecule has 1 saturated heterocycles. The predicted octanol–water partition coefficient (Wildman–Crippen LogP) is 3.11. The quantitative estimate of drug-likeness (QED) is 0.413. The number of carbonyl (C=O) groups excluding carboxylic acids is 1. The Labute approximate surface area is 202 Å². The van der Waals surface area contributed by atoms with Crippen molar-refractivity contribution in [2.24, 2.45) is 0 Å². The number of amides is 1. The van der Waals surface area contributed by atoms with Crippen molar-refractivity contribution in [2.45, 2.75) is 31.1 Å². The average Bonchev–Trinajstić information content (AvgIpc) is 3.40. The topological polar surface area (TPSA) is 94.4 Å². The zero-order valence-electron chi connectivity index (χ0n) is 18.6. The van der Waals surface area contributed by atoms with Crippen LogP contribution < -0.4 is 4.74 Å². The lowest BCUT2D eigenvalue weighted by Gasteiger charge is -2.26. The van der Waals surface area contributed by atoms with E-state index in [1.165, 1.54) is 23.9 Å². The summed E-state index contributed by atoms with van der Waals surface area (Å²) >= 11 is 1.22. The molecule has 1 unspecified atom stereocenters. The molecule has 1 fully saturated rings. The van der Waals surface area contributed by atoms with Gasteiger partial charge in [0.05, 0.1) is 17.3 Å². The van der Waals surface area contributed by atoms with Crippen molar-refractivity contribution in [2.75, 3.05) is 23.8 Å². The van der Waals surface area contributed by atoms with Crippen LogP contribution in [0.3, 0.4) is 0 Å². The zero-order chi connectivity index (χ0) is 24.1. The Kier molecular flexibility index (Phi) is 7.52. The molecular formula is C23H25FN4O4S2. The number of para-hydroxylation sites is 2. The summed E-state index contributed by atoms with van der Waals surface area (Å²) in [4.78, 5) is 14.6. The lowest BCUT2D eigenvalue weighted by Crippen LogP contribution is -2.42. The molecule has 34 heavy (non-hydrogen) atoms. The highest BCUT2D eigenvalue weighted by molar-refractivity contribution is 7.99. The van der Waals surface area contributed by atoms with Crippen molar-refractivity contribution in [3.8, 4) is 11.4 Å². The molecular weight excluding hydrogens is 479 g/mol. The van der Waals surface area contributed by atoms with Crippen LogP contribution in [-0.2, 0) is 21.2 Å². The number of halogens is 1. The number of hydrogen-bond donors (Lipinski definition) is 0. The van der Waals surface area contributed by atoms with Crippen molar-refractivity contribution < 1.29 is 22.3 Å². The lowest BCUT2D eigenvalue weighted by molar-refractivity contribution is -0.129. The molecule has 1 aromatic heterocycles. The third kappa shape index (κ3) is 5.58. The van der Waals surface area contributed by atoms with Gasteiger partial charge in [-0.15, -0.1) is 10.2 Å². The standard InChI is InChI=1S/C23H25FN4O4S2/c1-2-27(18-12-13-34(30,31)16-18)22(29)15-33-23-26-25-21(28(23)17-8-4-3-5-9-17)14-32-20-11-7-6-10-19(20)24/h3-11,18H,2,12-16H2,1H3. The highest BCUT2D eigenvalue weighted by Gasteiger charge is 2.34. The van der Waals surface area contributed by atoms with Crippen molar-refractivity contribution >= 4 is 27.5 Å². The van der Waals surface area contributed by atoms with Crippen LogP contribution in [0.1, 0.15) is 19.2 Å². The van der Waals surface area contributed by atoms with Crippen molar-refractivity contribution in [3.63, 3.8) is 0 Å². The van der Waals surface area contributed by atoms with Gasteiger partial charge in [0.25, 0.3) is 0 Å². The monoisotopic (exact) mass is 504 g/mol. The minimum Gasteiger partial charge on any atom is -0.483 e. The fourth-order valence-corrected chi connectivity index (χ4v) is 6.48. The van der Waals surface area contributed by atoms with Crippen LogP contribution in [0.15, 0.2) is 59.8 Å². The van der Waals surface area contributed by atoms with Crippen LogP contribution in [0.25, 0.3) is 5.69 Å². The maximum atomic E-state index is 14.0. The van der Waals surface area contributed by atoms with Crippen LogP contribution in [0, 0.1) is 5.82 Å². The number of thioether (sulfide) groups is 1. The lowest BCUT2D eigenvalue weighted by atomic mass is 10.2. The third-order valence-corrected chi connectivity index (χ3v) is 8.21. The molecule has 8 nitrogen and oxygen atoms in total. The molecule has 1 aliphatic heterocycles. The molecule has 2 aromatic carbocycles. The molecule has 0 radical (unpaired) electrons. The first-order valence-electron chi connectivity index (χ1n) is 10.9. The van der Waals surface area contributed by atoms with E-state index in [-0.39, 0.29) is 41.6 Å². The largest absolute Gasteiger partial charge is 0.483 e. The van der Waals surface area contributed by atoms with Crippen molar-refractivity contribution in [1.29, 1.82) is 0 Å². The average molecular weight is 505 g/mol. The van der Waals surface area contributed by atoms with E-state index in [1.54, 1.807) is 21.6 Å². The Bertz CT molecular complexity index is 1250. The van der Waals surface area contributed by atoms with Gasteiger partial charge in [0.2, 0.25) is 5.91 Å². The minimum absolute atomic E-state index is 0.00891. The minimum atomic E-state index is -3.09. The van der Waals surface area contributed by atoms with Gasteiger partial charge in [0.1, 0.15) is 6.61 Å². The number of aromatic nitrogens is 3. The van der Waals surface area contributed by atoms with Gasteiger partial charge < -0.3 is 9.64 Å². The molecule has 1 aliphatic rings. The Morgan fingerprint density at radius 2 is 1.91 bits per heavy atom. The van der Waals surface area contributed by atoms with Crippen molar-refractivity contribution in [3.05, 3.63) is 66.2 Å². The molecule has 11 heteroatoms. The second kappa shape index (κ2) is 10.6. The second-order valence-electron chi connectivity index (χ2n) is 7.81. The van der Waals surface area contributed by atoms with E-state index < -0.39 is 15.7 Å². The van der Waals surface area contributed by atoms with Gasteiger partial charge in [-0.05, 0) is 37.6 Å². The molecule has 0 spiro atoms. The fourth-order valence-electron chi connectivity index (χ4n) is 3.90. The molecule has 0 N–H and O–H groups in total. The van der Waals surface area contributed by atoms with Gasteiger partial charge in [-0.1, -0.05) is 42.1 Å². The van der Waals surface area contributed by atoms with E-state index in [0.29, 0.717) is 23.9 Å². The first kappa shape index (κ1) is 24.2. The van der Waals surface area contributed by atoms with E-state index >= 15 is 0 Å². The third-order valence-electron chi connectivity index (χ3n) is 5.54. The van der Waals surface area contributed by atoms with E-state index in [0.717, 1.165) is 5.69 Å². The number of carbonyl (C=O) groups is 1. The summed E-state index contributed by atoms with van der Waals surface area (Å²) in [5.41, 5.74) is 0.781. The van der Waals surface area contributed by atoms with Crippen LogP contribution in [0.4, 0.5) is 4.39 Å². The molecule has 0 aliphatic carbocycles. The first-order chi connectivity index (χ1) is 16.4. The van der Waals surface area contributed by atoms with E-state index in [9.17, 15) is 17.6 Å². The molecule has 3 aromatic rings. The number of hydrogen-bond acceptors (Lipinski definition) is 7. The molecule has 4 rings (SSSR count). The first-order valence-corrected chi connectivity index (χ1v) is 13.7. The van der Waals surface area contributed by atoms with E-state index in [2.05, 4.69) is 10.2 Å². The summed E-state index contributed by atoms with van der Waals surface area (Å²) in [5.74, 6) is 0.155. The maximum absolute atomic E-state index is 14.0. The van der Waals surface area contributed by atoms with Crippen LogP contribution in [-0.4, -0.2) is 63.8 Å². The van der Waals surface area contributed by atoms with Crippen LogP contribution >= 0.6 is 11.8 Å². The van der Waals surface area contributed by atoms with Crippen LogP contribution in [0.2, 0.25) is 0 Å². The zero-order valence-corrected chi connectivity index (χ0v) is 20.3. The van der Waals surface area contributed by atoms with Crippen LogP contribution in [0.5, 0.6) is 5.75 Å². The summed E-state index contributed by atoms with van der Waals surface area (Å²) < 4.78 is 45.1. The summed E-state index contributed by atoms with van der Waals surface area (Å²) in [6, 6.07) is 15.2. The SMILES string of the molecule is CCN(C(=O)CSc1nnc(COc2ccccc2F)n1-c1ccccc1)C1CCS(=O)(=O)C1. The summed E-state index contributed by atoms with van der Waals surface area (Å²) in [6.45, 7) is 2.27. The summed E-state index contributed by atoms with van der Waals surface area (Å²) in [6.07, 6.45) is 0.463. The molecule has 180 valence electrons. The van der Waals surface area contributed by atoms with Gasteiger partial charge >= 0.3 is 0 Å². The van der Waals surface area contributed by atoms with Gasteiger partial charge in [-0.2, -0.15) is 0 Å². The summed E-state index contributed by atoms with van der Waals surface area (Å²) in [5, 5.41) is 8.95. The fraction of sp³-hybridized carbons (Fsp3) is 0.348. The number of benzene rings is 2. The van der Waals surface area contributed by atoms with Crippen molar-refractivity contribution in [1.82, 2.24) is 19.7 Å².